The quantitative estimate of drug-likeness (QED) is 0.807. The van der Waals surface area contributed by atoms with Crippen molar-refractivity contribution in [2.45, 2.75) is 25.4 Å². The number of hydrogen-bond donors (Lipinski definition) is 0. The second-order valence-corrected chi connectivity index (χ2v) is 7.17. The fraction of sp³-hybridized carbons (Fsp3) is 0.353. The molecule has 2 aromatic rings. The van der Waals surface area contributed by atoms with E-state index in [2.05, 4.69) is 4.98 Å². The van der Waals surface area contributed by atoms with Gasteiger partial charge in [-0.25, -0.2) is 4.98 Å². The van der Waals surface area contributed by atoms with Crippen LogP contribution in [0.5, 0.6) is 5.75 Å². The van der Waals surface area contributed by atoms with Gasteiger partial charge in [0.25, 0.3) is 5.91 Å². The lowest BCUT2D eigenvalue weighted by atomic mass is 9.89. The molecule has 118 valence electrons. The molecule has 3 heterocycles. The number of carbonyl (C=O) groups excluding carboxylic acids is 2. The number of fused-ring (bicyclic) bond motifs is 1. The molecule has 1 aromatic heterocycles. The lowest BCUT2D eigenvalue weighted by molar-refractivity contribution is 0.0427. The van der Waals surface area contributed by atoms with E-state index < -0.39 is 5.60 Å². The molecule has 0 radical (unpaired) electrons. The topological polar surface area (TPSA) is 59.5 Å². The molecular formula is C17H16N2O3S. The second kappa shape index (κ2) is 5.16. The molecule has 1 saturated heterocycles. The van der Waals surface area contributed by atoms with Crippen molar-refractivity contribution in [3.8, 4) is 5.75 Å². The third-order valence-electron chi connectivity index (χ3n) is 4.44. The van der Waals surface area contributed by atoms with Gasteiger partial charge in [-0.2, -0.15) is 0 Å². The molecule has 0 bridgehead atoms. The third-order valence-corrected chi connectivity index (χ3v) is 5.21. The lowest BCUT2D eigenvalue weighted by Crippen LogP contribution is -2.45. The lowest BCUT2D eigenvalue weighted by Gasteiger charge is -2.34. The first-order valence-electron chi connectivity index (χ1n) is 7.59. The first-order valence-corrected chi connectivity index (χ1v) is 8.47. The maximum atomic E-state index is 12.5. The summed E-state index contributed by atoms with van der Waals surface area (Å²) < 4.78 is 6.14. The zero-order valence-corrected chi connectivity index (χ0v) is 13.6. The molecule has 1 amide bonds. The van der Waals surface area contributed by atoms with Gasteiger partial charge in [0, 0.05) is 18.3 Å². The molecule has 1 atom stereocenters. The van der Waals surface area contributed by atoms with Gasteiger partial charge >= 0.3 is 0 Å². The van der Waals surface area contributed by atoms with Crippen molar-refractivity contribution >= 4 is 23.0 Å². The van der Waals surface area contributed by atoms with Gasteiger partial charge in [-0.05, 0) is 19.1 Å². The van der Waals surface area contributed by atoms with Gasteiger partial charge in [0.05, 0.1) is 23.5 Å². The highest BCUT2D eigenvalue weighted by Crippen LogP contribution is 2.38. The van der Waals surface area contributed by atoms with Crippen LogP contribution >= 0.6 is 11.3 Å². The summed E-state index contributed by atoms with van der Waals surface area (Å²) in [6.07, 6.45) is 0.992. The Labute approximate surface area is 137 Å². The van der Waals surface area contributed by atoms with E-state index in [9.17, 15) is 9.59 Å². The van der Waals surface area contributed by atoms with E-state index in [-0.39, 0.29) is 11.7 Å². The number of para-hydroxylation sites is 1. The number of carbonyl (C=O) groups is 2. The molecule has 0 unspecified atom stereocenters. The smallest absolute Gasteiger partial charge is 0.273 e. The maximum Gasteiger partial charge on any atom is 0.273 e. The van der Waals surface area contributed by atoms with Crippen LogP contribution in [0.3, 0.4) is 0 Å². The molecule has 6 heteroatoms. The first-order chi connectivity index (χ1) is 11.1. The Kier molecular flexibility index (Phi) is 3.23. The predicted molar refractivity (Wildman–Crippen MR) is 86.1 cm³/mol. The average Bonchev–Trinajstić information content (AvgIpc) is 3.14. The molecule has 0 saturated carbocycles. The summed E-state index contributed by atoms with van der Waals surface area (Å²) in [5.74, 6) is 0.634. The van der Waals surface area contributed by atoms with Gasteiger partial charge in [-0.15, -0.1) is 11.3 Å². The number of benzene rings is 1. The highest BCUT2D eigenvalue weighted by molar-refractivity contribution is 7.09. The van der Waals surface area contributed by atoms with Crippen LogP contribution in [-0.4, -0.2) is 40.3 Å². The van der Waals surface area contributed by atoms with Crippen LogP contribution in [0.4, 0.5) is 0 Å². The number of rotatable bonds is 1. The maximum absolute atomic E-state index is 12.5. The van der Waals surface area contributed by atoms with Gasteiger partial charge in [0.15, 0.2) is 5.78 Å². The normalized spacial score (nSPS) is 23.0. The summed E-state index contributed by atoms with van der Waals surface area (Å²) in [4.78, 5) is 31.0. The molecule has 2 aliphatic heterocycles. The number of ketones is 1. The van der Waals surface area contributed by atoms with Crippen LogP contribution in [-0.2, 0) is 0 Å². The van der Waals surface area contributed by atoms with E-state index in [0.29, 0.717) is 42.9 Å². The standard InChI is InChI=1S/C17H16N2O3S/c1-11-18-13(9-23-11)16(21)19-7-6-17(10-19)8-14(20)12-4-2-3-5-15(12)22-17/h2-5,9H,6-8,10H2,1H3/t17-/m1/s1. The Morgan fingerprint density at radius 1 is 1.39 bits per heavy atom. The van der Waals surface area contributed by atoms with Crippen molar-refractivity contribution in [3.05, 3.63) is 45.9 Å². The Balaban J connectivity index is 1.56. The van der Waals surface area contributed by atoms with Crippen LogP contribution in [0.25, 0.3) is 0 Å². The van der Waals surface area contributed by atoms with Gasteiger partial charge < -0.3 is 9.64 Å². The van der Waals surface area contributed by atoms with E-state index in [0.717, 1.165) is 5.01 Å². The van der Waals surface area contributed by atoms with Gasteiger partial charge in [0.2, 0.25) is 0 Å². The van der Waals surface area contributed by atoms with Crippen LogP contribution in [0.1, 0.15) is 38.7 Å². The molecule has 1 aromatic carbocycles. The van der Waals surface area contributed by atoms with Gasteiger partial charge in [-0.1, -0.05) is 12.1 Å². The number of aromatic nitrogens is 1. The highest BCUT2D eigenvalue weighted by Gasteiger charge is 2.47. The molecule has 0 aliphatic carbocycles. The molecule has 1 spiro atoms. The van der Waals surface area contributed by atoms with Crippen LogP contribution in [0, 0.1) is 6.92 Å². The van der Waals surface area contributed by atoms with E-state index in [1.54, 1.807) is 16.3 Å². The Morgan fingerprint density at radius 3 is 3.00 bits per heavy atom. The number of likely N-dealkylation sites (tertiary alicyclic amines) is 1. The Morgan fingerprint density at radius 2 is 2.22 bits per heavy atom. The van der Waals surface area contributed by atoms with Crippen LogP contribution < -0.4 is 4.74 Å². The number of Topliss-reactive ketones (excluding diaryl/α,β-unsaturated/α-hetero) is 1. The van der Waals surface area contributed by atoms with Crippen molar-refractivity contribution in [2.75, 3.05) is 13.1 Å². The molecule has 4 rings (SSSR count). The zero-order valence-electron chi connectivity index (χ0n) is 12.7. The average molecular weight is 328 g/mol. The van der Waals surface area contributed by atoms with Crippen molar-refractivity contribution in [1.29, 1.82) is 0 Å². The minimum absolute atomic E-state index is 0.0823. The summed E-state index contributed by atoms with van der Waals surface area (Å²) in [5.41, 5.74) is 0.525. The zero-order chi connectivity index (χ0) is 16.0. The van der Waals surface area contributed by atoms with E-state index in [1.807, 2.05) is 25.1 Å². The molecule has 23 heavy (non-hydrogen) atoms. The van der Waals surface area contributed by atoms with Crippen LogP contribution in [0.2, 0.25) is 0 Å². The first kappa shape index (κ1) is 14.4. The summed E-state index contributed by atoms with van der Waals surface area (Å²) >= 11 is 1.47. The highest BCUT2D eigenvalue weighted by atomic mass is 32.1. The van der Waals surface area contributed by atoms with Crippen molar-refractivity contribution in [1.82, 2.24) is 9.88 Å². The predicted octanol–water partition coefficient (Wildman–Crippen LogP) is 2.70. The van der Waals surface area contributed by atoms with E-state index >= 15 is 0 Å². The second-order valence-electron chi connectivity index (χ2n) is 6.11. The summed E-state index contributed by atoms with van der Waals surface area (Å²) in [7, 11) is 0. The fourth-order valence-corrected chi connectivity index (χ4v) is 3.90. The number of amides is 1. The van der Waals surface area contributed by atoms with E-state index in [1.165, 1.54) is 11.3 Å². The largest absolute Gasteiger partial charge is 0.484 e. The monoisotopic (exact) mass is 328 g/mol. The minimum atomic E-state index is -0.591. The van der Waals surface area contributed by atoms with Crippen LogP contribution in [0.15, 0.2) is 29.6 Å². The molecule has 1 fully saturated rings. The molecular weight excluding hydrogens is 312 g/mol. The summed E-state index contributed by atoms with van der Waals surface area (Å²) in [6.45, 7) is 2.90. The van der Waals surface area contributed by atoms with Gasteiger partial charge in [0.1, 0.15) is 17.0 Å². The van der Waals surface area contributed by atoms with Crippen molar-refractivity contribution in [3.63, 3.8) is 0 Å². The summed E-state index contributed by atoms with van der Waals surface area (Å²) in [5, 5.41) is 2.66. The third kappa shape index (κ3) is 2.43. The SMILES string of the molecule is Cc1nc(C(=O)N2CC[C@@]3(CC(=O)c4ccccc4O3)C2)cs1. The molecule has 0 N–H and O–H groups in total. The van der Waals surface area contributed by atoms with Crippen molar-refractivity contribution in [2.24, 2.45) is 0 Å². The Hall–Kier alpha value is -2.21. The van der Waals surface area contributed by atoms with E-state index in [4.69, 9.17) is 4.74 Å². The fourth-order valence-electron chi connectivity index (χ4n) is 3.31. The number of aryl methyl sites for hydroxylation is 1. The Bertz CT molecular complexity index is 801. The number of nitrogens with zero attached hydrogens (tertiary/aromatic N) is 2. The van der Waals surface area contributed by atoms with Crippen molar-refractivity contribution < 1.29 is 14.3 Å². The number of thiazole rings is 1. The summed E-state index contributed by atoms with van der Waals surface area (Å²) in [6, 6.07) is 7.32. The number of hydrogen-bond acceptors (Lipinski definition) is 5. The van der Waals surface area contributed by atoms with Gasteiger partial charge in [-0.3, -0.25) is 9.59 Å². The molecule has 2 aliphatic rings. The number of ether oxygens (including phenoxy) is 1. The minimum Gasteiger partial charge on any atom is -0.484 e. The molecule has 5 nitrogen and oxygen atoms in total.